The molecule has 0 radical (unpaired) electrons. The number of nitrogens with two attached hydrogens (primary N) is 1. The third kappa shape index (κ3) is 3.14. The number of pyridine rings is 2. The summed E-state index contributed by atoms with van der Waals surface area (Å²) in [5, 5.41) is 0. The van der Waals surface area contributed by atoms with E-state index >= 15 is 0 Å². The molecule has 1 atom stereocenters. The van der Waals surface area contributed by atoms with Crippen LogP contribution in [0.25, 0.3) is 0 Å². The van der Waals surface area contributed by atoms with Gasteiger partial charge < -0.3 is 5.73 Å². The Morgan fingerprint density at radius 2 is 2.05 bits per heavy atom. The lowest BCUT2D eigenvalue weighted by molar-refractivity contribution is 0.200. The molecule has 4 nitrogen and oxygen atoms in total. The summed E-state index contributed by atoms with van der Waals surface area (Å²) >= 11 is 0. The molecule has 1 aliphatic heterocycles. The van der Waals surface area contributed by atoms with Gasteiger partial charge in [0.05, 0.1) is 0 Å². The molecule has 0 aromatic carbocycles. The average Bonchev–Trinajstić information content (AvgIpc) is 2.48. The Bertz CT molecular complexity index is 555. The standard InChI is InChI=1S/C16H20N4/c17-16-10-13(3-8-19-16)11-20-9-1-2-15(12-20)14-4-6-18-7-5-14/h3-8,10,15H,1-2,9,11-12H2,(H2,17,19)/t15-/m1/s1. The average molecular weight is 268 g/mol. The first-order valence-corrected chi connectivity index (χ1v) is 7.14. The molecule has 0 amide bonds. The van der Waals surface area contributed by atoms with Crippen molar-refractivity contribution in [2.45, 2.75) is 25.3 Å². The van der Waals surface area contributed by atoms with Gasteiger partial charge in [0.15, 0.2) is 0 Å². The lowest BCUT2D eigenvalue weighted by atomic mass is 9.91. The van der Waals surface area contributed by atoms with Crippen molar-refractivity contribution < 1.29 is 0 Å². The fourth-order valence-electron chi connectivity index (χ4n) is 2.96. The number of piperidine rings is 1. The van der Waals surface area contributed by atoms with Gasteiger partial charge in [0.25, 0.3) is 0 Å². The highest BCUT2D eigenvalue weighted by molar-refractivity contribution is 5.31. The first-order chi connectivity index (χ1) is 9.81. The zero-order chi connectivity index (χ0) is 13.8. The van der Waals surface area contributed by atoms with E-state index in [4.69, 9.17) is 5.73 Å². The Labute approximate surface area is 119 Å². The van der Waals surface area contributed by atoms with Crippen molar-refractivity contribution in [2.75, 3.05) is 18.8 Å². The molecule has 2 aromatic rings. The molecule has 4 heteroatoms. The predicted octanol–water partition coefficient (Wildman–Crippen LogP) is 2.44. The number of likely N-dealkylation sites (tertiary alicyclic amines) is 1. The van der Waals surface area contributed by atoms with Crippen molar-refractivity contribution in [3.8, 4) is 0 Å². The van der Waals surface area contributed by atoms with Crippen LogP contribution in [0.15, 0.2) is 42.9 Å². The van der Waals surface area contributed by atoms with E-state index in [1.165, 1.54) is 24.0 Å². The Kier molecular flexibility index (Phi) is 3.92. The van der Waals surface area contributed by atoms with Gasteiger partial charge in [-0.25, -0.2) is 4.98 Å². The Balaban J connectivity index is 1.66. The summed E-state index contributed by atoms with van der Waals surface area (Å²) in [6.07, 6.45) is 8.07. The van der Waals surface area contributed by atoms with Gasteiger partial charge in [-0.05, 0) is 60.7 Å². The minimum Gasteiger partial charge on any atom is -0.384 e. The molecule has 0 bridgehead atoms. The highest BCUT2D eigenvalue weighted by Crippen LogP contribution is 2.27. The molecule has 0 spiro atoms. The van der Waals surface area contributed by atoms with Crippen molar-refractivity contribution >= 4 is 5.82 Å². The van der Waals surface area contributed by atoms with Crippen LogP contribution < -0.4 is 5.73 Å². The van der Waals surface area contributed by atoms with Crippen LogP contribution in [0.2, 0.25) is 0 Å². The number of nitrogen functional groups attached to an aromatic ring is 1. The number of hydrogen-bond acceptors (Lipinski definition) is 4. The summed E-state index contributed by atoms with van der Waals surface area (Å²) in [5.74, 6) is 1.22. The second-order valence-corrected chi connectivity index (χ2v) is 5.44. The SMILES string of the molecule is Nc1cc(CN2CCC[C@@H](c3ccncc3)C2)ccn1. The summed E-state index contributed by atoms with van der Waals surface area (Å²) < 4.78 is 0. The monoisotopic (exact) mass is 268 g/mol. The molecule has 0 unspecified atom stereocenters. The minimum absolute atomic E-state index is 0.602. The van der Waals surface area contributed by atoms with E-state index in [1.807, 2.05) is 24.5 Å². The van der Waals surface area contributed by atoms with Crippen molar-refractivity contribution in [1.29, 1.82) is 0 Å². The van der Waals surface area contributed by atoms with Gasteiger partial charge in [-0.1, -0.05) is 0 Å². The molecule has 0 aliphatic carbocycles. The molecular formula is C16H20N4. The zero-order valence-electron chi connectivity index (χ0n) is 11.6. The van der Waals surface area contributed by atoms with E-state index in [0.717, 1.165) is 19.6 Å². The molecule has 3 rings (SSSR count). The maximum atomic E-state index is 5.75. The lowest BCUT2D eigenvalue weighted by Crippen LogP contribution is -2.33. The zero-order valence-corrected chi connectivity index (χ0v) is 11.6. The summed E-state index contributed by atoms with van der Waals surface area (Å²) in [6.45, 7) is 3.21. The van der Waals surface area contributed by atoms with Crippen LogP contribution in [0.3, 0.4) is 0 Å². The normalized spacial score (nSPS) is 19.9. The van der Waals surface area contributed by atoms with E-state index in [0.29, 0.717) is 11.7 Å². The van der Waals surface area contributed by atoms with Crippen LogP contribution in [-0.2, 0) is 6.54 Å². The number of aromatic nitrogens is 2. The van der Waals surface area contributed by atoms with E-state index < -0.39 is 0 Å². The highest BCUT2D eigenvalue weighted by atomic mass is 15.1. The minimum atomic E-state index is 0.602. The van der Waals surface area contributed by atoms with Gasteiger partial charge in [-0.3, -0.25) is 9.88 Å². The Morgan fingerprint density at radius 1 is 1.20 bits per heavy atom. The molecule has 0 saturated carbocycles. The molecule has 1 saturated heterocycles. The fraction of sp³-hybridized carbons (Fsp3) is 0.375. The largest absolute Gasteiger partial charge is 0.384 e. The predicted molar refractivity (Wildman–Crippen MR) is 80.1 cm³/mol. The van der Waals surface area contributed by atoms with E-state index in [2.05, 4.69) is 27.0 Å². The second-order valence-electron chi connectivity index (χ2n) is 5.44. The maximum absolute atomic E-state index is 5.75. The number of rotatable bonds is 3. The van der Waals surface area contributed by atoms with Crippen LogP contribution in [0, 0.1) is 0 Å². The molecule has 1 fully saturated rings. The molecular weight excluding hydrogens is 248 g/mol. The van der Waals surface area contributed by atoms with Gasteiger partial charge in [0, 0.05) is 31.7 Å². The number of hydrogen-bond donors (Lipinski definition) is 1. The summed E-state index contributed by atoms with van der Waals surface area (Å²) in [7, 11) is 0. The topological polar surface area (TPSA) is 55.0 Å². The van der Waals surface area contributed by atoms with Crippen molar-refractivity contribution in [3.05, 3.63) is 54.0 Å². The highest BCUT2D eigenvalue weighted by Gasteiger charge is 2.21. The third-order valence-corrected chi connectivity index (χ3v) is 3.93. The molecule has 2 N–H and O–H groups in total. The molecule has 20 heavy (non-hydrogen) atoms. The quantitative estimate of drug-likeness (QED) is 0.929. The van der Waals surface area contributed by atoms with Crippen molar-refractivity contribution in [1.82, 2.24) is 14.9 Å². The van der Waals surface area contributed by atoms with Crippen LogP contribution >= 0.6 is 0 Å². The first kappa shape index (κ1) is 13.1. The van der Waals surface area contributed by atoms with Crippen molar-refractivity contribution in [3.63, 3.8) is 0 Å². The summed E-state index contributed by atoms with van der Waals surface area (Å²) in [4.78, 5) is 10.7. The van der Waals surface area contributed by atoms with Gasteiger partial charge >= 0.3 is 0 Å². The molecule has 104 valence electrons. The van der Waals surface area contributed by atoms with Crippen LogP contribution in [-0.4, -0.2) is 28.0 Å². The van der Waals surface area contributed by atoms with Gasteiger partial charge in [0.2, 0.25) is 0 Å². The van der Waals surface area contributed by atoms with Gasteiger partial charge in [0.1, 0.15) is 5.82 Å². The Hall–Kier alpha value is -1.94. The van der Waals surface area contributed by atoms with E-state index in [9.17, 15) is 0 Å². The second kappa shape index (κ2) is 6.01. The molecule has 2 aromatic heterocycles. The van der Waals surface area contributed by atoms with Gasteiger partial charge in [-0.2, -0.15) is 0 Å². The number of anilines is 1. The van der Waals surface area contributed by atoms with Crippen LogP contribution in [0.5, 0.6) is 0 Å². The molecule has 1 aliphatic rings. The fourth-order valence-corrected chi connectivity index (χ4v) is 2.96. The Morgan fingerprint density at radius 3 is 2.85 bits per heavy atom. The van der Waals surface area contributed by atoms with Gasteiger partial charge in [-0.15, -0.1) is 0 Å². The van der Waals surface area contributed by atoms with E-state index in [1.54, 1.807) is 6.20 Å². The first-order valence-electron chi connectivity index (χ1n) is 7.14. The van der Waals surface area contributed by atoms with Crippen LogP contribution in [0.1, 0.15) is 29.9 Å². The summed E-state index contributed by atoms with van der Waals surface area (Å²) in [6, 6.07) is 8.29. The smallest absolute Gasteiger partial charge is 0.123 e. The van der Waals surface area contributed by atoms with Crippen LogP contribution in [0.4, 0.5) is 5.82 Å². The number of nitrogens with zero attached hydrogens (tertiary/aromatic N) is 3. The van der Waals surface area contributed by atoms with Crippen molar-refractivity contribution in [2.24, 2.45) is 0 Å². The molecule has 3 heterocycles. The summed E-state index contributed by atoms with van der Waals surface area (Å²) in [5.41, 5.74) is 8.39. The maximum Gasteiger partial charge on any atom is 0.123 e. The lowest BCUT2D eigenvalue weighted by Gasteiger charge is -2.33. The third-order valence-electron chi connectivity index (χ3n) is 3.93. The van der Waals surface area contributed by atoms with E-state index in [-0.39, 0.29) is 0 Å².